The van der Waals surface area contributed by atoms with E-state index in [1.165, 1.54) is 37.4 Å². The number of phenolic OH excluding ortho intramolecular Hbond substituents is 1. The van der Waals surface area contributed by atoms with Gasteiger partial charge in [0.15, 0.2) is 0 Å². The molecule has 0 aliphatic heterocycles. The number of hydrogen-bond acceptors (Lipinski definition) is 1. The summed E-state index contributed by atoms with van der Waals surface area (Å²) < 4.78 is 0. The molecular formula is C18H21OP. The minimum atomic E-state index is -0.440. The predicted octanol–water partition coefficient (Wildman–Crippen LogP) is 4.16. The van der Waals surface area contributed by atoms with E-state index in [1.54, 1.807) is 0 Å². The zero-order valence-electron chi connectivity index (χ0n) is 11.7. The highest BCUT2D eigenvalue weighted by molar-refractivity contribution is 7.73. The highest BCUT2D eigenvalue weighted by atomic mass is 31.1. The minimum absolute atomic E-state index is 0.440. The summed E-state index contributed by atoms with van der Waals surface area (Å²) >= 11 is 0. The summed E-state index contributed by atoms with van der Waals surface area (Å²) in [5, 5.41) is 12.8. The van der Waals surface area contributed by atoms with Gasteiger partial charge in [-0.15, -0.1) is 0 Å². The molecule has 0 radical (unpaired) electrons. The molecule has 0 amide bonds. The third-order valence-electron chi connectivity index (χ3n) is 4.12. The van der Waals surface area contributed by atoms with Crippen LogP contribution in [0.1, 0.15) is 32.1 Å². The van der Waals surface area contributed by atoms with Crippen molar-refractivity contribution in [2.24, 2.45) is 0 Å². The Bertz CT molecular complexity index is 546. The van der Waals surface area contributed by atoms with Gasteiger partial charge in [0.05, 0.1) is 0 Å². The molecule has 3 rings (SSSR count). The van der Waals surface area contributed by atoms with E-state index in [0.717, 1.165) is 11.0 Å². The Balaban J connectivity index is 2.01. The third kappa shape index (κ3) is 2.88. The molecule has 1 nitrogen and oxygen atoms in total. The molecule has 0 saturated heterocycles. The molecular weight excluding hydrogens is 263 g/mol. The lowest BCUT2D eigenvalue weighted by Crippen LogP contribution is -2.23. The van der Waals surface area contributed by atoms with Gasteiger partial charge in [0.25, 0.3) is 0 Å². The lowest BCUT2D eigenvalue weighted by atomic mass is 10.0. The lowest BCUT2D eigenvalue weighted by molar-refractivity contribution is 0.479. The zero-order valence-corrected chi connectivity index (χ0v) is 12.6. The second-order valence-electron chi connectivity index (χ2n) is 5.49. The number of benzene rings is 2. The van der Waals surface area contributed by atoms with Crippen molar-refractivity contribution in [1.82, 2.24) is 0 Å². The summed E-state index contributed by atoms with van der Waals surface area (Å²) in [6.45, 7) is 0. The third-order valence-corrected chi connectivity index (χ3v) is 7.11. The summed E-state index contributed by atoms with van der Waals surface area (Å²) in [4.78, 5) is 0. The molecule has 0 bridgehead atoms. The van der Waals surface area contributed by atoms with E-state index in [1.807, 2.05) is 12.1 Å². The van der Waals surface area contributed by atoms with Crippen LogP contribution in [0.5, 0.6) is 5.75 Å². The Hall–Kier alpha value is -1.33. The van der Waals surface area contributed by atoms with Crippen molar-refractivity contribution >= 4 is 18.5 Å². The lowest BCUT2D eigenvalue weighted by Gasteiger charge is -2.31. The van der Waals surface area contributed by atoms with Crippen molar-refractivity contribution in [1.29, 1.82) is 0 Å². The fourth-order valence-corrected chi connectivity index (χ4v) is 6.18. The van der Waals surface area contributed by atoms with Crippen LogP contribution in [0.4, 0.5) is 0 Å². The molecule has 1 atom stereocenters. The van der Waals surface area contributed by atoms with Crippen molar-refractivity contribution in [3.8, 4) is 5.75 Å². The Morgan fingerprint density at radius 1 is 0.800 bits per heavy atom. The molecule has 2 heteroatoms. The molecule has 1 aliphatic rings. The Labute approximate surface area is 122 Å². The first kappa shape index (κ1) is 13.6. The van der Waals surface area contributed by atoms with Crippen LogP contribution in [-0.2, 0) is 0 Å². The zero-order chi connectivity index (χ0) is 13.8. The van der Waals surface area contributed by atoms with Crippen LogP contribution in [0.2, 0.25) is 0 Å². The summed E-state index contributed by atoms with van der Waals surface area (Å²) in [7, 11) is -0.440. The second-order valence-corrected chi connectivity index (χ2v) is 7.95. The van der Waals surface area contributed by atoms with Gasteiger partial charge >= 0.3 is 0 Å². The molecule has 20 heavy (non-hydrogen) atoms. The van der Waals surface area contributed by atoms with Crippen LogP contribution < -0.4 is 10.6 Å². The van der Waals surface area contributed by atoms with Crippen LogP contribution >= 0.6 is 7.92 Å². The molecule has 0 heterocycles. The quantitative estimate of drug-likeness (QED) is 0.839. The molecule has 0 aromatic heterocycles. The van der Waals surface area contributed by atoms with Crippen LogP contribution in [0.3, 0.4) is 0 Å². The number of phenols is 1. The first-order valence-corrected chi connectivity index (χ1v) is 8.89. The van der Waals surface area contributed by atoms with E-state index in [0.29, 0.717) is 5.75 Å². The summed E-state index contributed by atoms with van der Waals surface area (Å²) in [6, 6.07) is 18.7. The van der Waals surface area contributed by atoms with Crippen LogP contribution in [0, 0.1) is 0 Å². The summed E-state index contributed by atoms with van der Waals surface area (Å²) in [6.07, 6.45) is 6.65. The van der Waals surface area contributed by atoms with Crippen molar-refractivity contribution in [3.63, 3.8) is 0 Å². The van der Waals surface area contributed by atoms with Gasteiger partial charge in [0, 0.05) is 5.30 Å². The maximum Gasteiger partial charge on any atom is 0.123 e. The van der Waals surface area contributed by atoms with E-state index < -0.39 is 7.92 Å². The standard InChI is InChI=1S/C18H21OP/c19-17-13-7-8-14-18(17)20(15-9-3-1-4-10-15)16-11-5-2-6-12-16/h1,3-4,7-10,13-14,16,19H,2,5-6,11-12H2. The summed E-state index contributed by atoms with van der Waals surface area (Å²) in [5.41, 5.74) is 0.717. The van der Waals surface area contributed by atoms with Gasteiger partial charge in [-0.05, 0) is 37.8 Å². The average molecular weight is 284 g/mol. The van der Waals surface area contributed by atoms with E-state index in [9.17, 15) is 5.11 Å². The fraction of sp³-hybridized carbons (Fsp3) is 0.333. The summed E-state index contributed by atoms with van der Waals surface area (Å²) in [5.74, 6) is 0.466. The molecule has 1 N–H and O–H groups in total. The molecule has 2 aromatic rings. The Morgan fingerprint density at radius 2 is 1.45 bits per heavy atom. The maximum absolute atomic E-state index is 10.3. The molecule has 1 aliphatic carbocycles. The van der Waals surface area contributed by atoms with Crippen molar-refractivity contribution in [2.75, 3.05) is 0 Å². The van der Waals surface area contributed by atoms with Gasteiger partial charge in [-0.1, -0.05) is 67.8 Å². The van der Waals surface area contributed by atoms with Crippen molar-refractivity contribution in [3.05, 3.63) is 54.6 Å². The second kappa shape index (κ2) is 6.41. The van der Waals surface area contributed by atoms with Crippen molar-refractivity contribution in [2.45, 2.75) is 37.8 Å². The van der Waals surface area contributed by atoms with Gasteiger partial charge in [0.1, 0.15) is 5.75 Å². The predicted molar refractivity (Wildman–Crippen MR) is 87.6 cm³/mol. The average Bonchev–Trinajstić information content (AvgIpc) is 2.52. The number of hydrogen-bond donors (Lipinski definition) is 1. The highest BCUT2D eigenvalue weighted by Crippen LogP contribution is 2.47. The van der Waals surface area contributed by atoms with Crippen molar-refractivity contribution < 1.29 is 5.11 Å². The monoisotopic (exact) mass is 284 g/mol. The topological polar surface area (TPSA) is 20.2 Å². The van der Waals surface area contributed by atoms with Gasteiger partial charge in [0.2, 0.25) is 0 Å². The fourth-order valence-electron chi connectivity index (χ4n) is 3.14. The first-order valence-electron chi connectivity index (χ1n) is 7.48. The van der Waals surface area contributed by atoms with Crippen LogP contribution in [0.15, 0.2) is 54.6 Å². The van der Waals surface area contributed by atoms with Gasteiger partial charge in [-0.3, -0.25) is 0 Å². The number of para-hydroxylation sites is 1. The SMILES string of the molecule is Oc1ccccc1P(c1ccccc1)C1CCCCC1. The number of rotatable bonds is 3. The highest BCUT2D eigenvalue weighted by Gasteiger charge is 2.27. The molecule has 2 aromatic carbocycles. The van der Waals surface area contributed by atoms with Gasteiger partial charge in [-0.2, -0.15) is 0 Å². The smallest absolute Gasteiger partial charge is 0.123 e. The van der Waals surface area contributed by atoms with Crippen LogP contribution in [0.25, 0.3) is 0 Å². The van der Waals surface area contributed by atoms with E-state index in [2.05, 4.69) is 42.5 Å². The largest absolute Gasteiger partial charge is 0.507 e. The first-order chi connectivity index (χ1) is 9.86. The minimum Gasteiger partial charge on any atom is -0.507 e. The molecule has 104 valence electrons. The molecule has 1 fully saturated rings. The van der Waals surface area contributed by atoms with E-state index in [-0.39, 0.29) is 0 Å². The normalized spacial score (nSPS) is 17.8. The Morgan fingerprint density at radius 3 is 2.15 bits per heavy atom. The van der Waals surface area contributed by atoms with E-state index >= 15 is 0 Å². The molecule has 0 spiro atoms. The van der Waals surface area contributed by atoms with Gasteiger partial charge < -0.3 is 5.11 Å². The number of aromatic hydroxyl groups is 1. The molecule has 1 saturated carbocycles. The Kier molecular flexibility index (Phi) is 4.38. The maximum atomic E-state index is 10.3. The van der Waals surface area contributed by atoms with Gasteiger partial charge in [-0.25, -0.2) is 0 Å². The van der Waals surface area contributed by atoms with E-state index in [4.69, 9.17) is 0 Å². The molecule has 1 unspecified atom stereocenters. The van der Waals surface area contributed by atoms with Crippen LogP contribution in [-0.4, -0.2) is 10.8 Å².